The van der Waals surface area contributed by atoms with E-state index in [0.29, 0.717) is 17.1 Å². The lowest BCUT2D eigenvalue weighted by atomic mass is 10.1. The molecule has 92 valence electrons. The molecule has 1 aromatic carbocycles. The lowest BCUT2D eigenvalue weighted by Crippen LogP contribution is -2.15. The second-order valence-corrected chi connectivity index (χ2v) is 3.61. The van der Waals surface area contributed by atoms with Gasteiger partial charge >= 0.3 is 5.97 Å². The van der Waals surface area contributed by atoms with Crippen LogP contribution in [-0.4, -0.2) is 31.1 Å². The van der Waals surface area contributed by atoms with Crippen molar-refractivity contribution >= 4 is 23.4 Å². The highest BCUT2D eigenvalue weighted by molar-refractivity contribution is 6.35. The summed E-state index contributed by atoms with van der Waals surface area (Å²) >= 11 is 5.91. The maximum Gasteiger partial charge on any atom is 0.372 e. The third-order valence-electron chi connectivity index (χ3n) is 2.14. The molecule has 6 heteroatoms. The van der Waals surface area contributed by atoms with Crippen LogP contribution in [0.15, 0.2) is 12.1 Å². The van der Waals surface area contributed by atoms with E-state index in [-0.39, 0.29) is 11.4 Å². The number of hydrogen-bond donors (Lipinski definition) is 1. The summed E-state index contributed by atoms with van der Waals surface area (Å²) in [6.07, 6.45) is -0.283. The summed E-state index contributed by atoms with van der Waals surface area (Å²) in [7, 11) is 2.89. The van der Waals surface area contributed by atoms with Gasteiger partial charge in [0.15, 0.2) is 11.5 Å². The number of ketones is 1. The predicted molar refractivity (Wildman–Crippen MR) is 60.9 cm³/mol. The average Bonchev–Trinajstić information content (AvgIpc) is 2.30. The quantitative estimate of drug-likeness (QED) is 0.812. The van der Waals surface area contributed by atoms with E-state index in [1.54, 1.807) is 0 Å². The summed E-state index contributed by atoms with van der Waals surface area (Å²) in [5.41, 5.74) is 0.386. The topological polar surface area (TPSA) is 72.8 Å². The summed E-state index contributed by atoms with van der Waals surface area (Å²) in [4.78, 5) is 21.5. The molecule has 5 nitrogen and oxygen atoms in total. The van der Waals surface area contributed by atoms with E-state index in [2.05, 4.69) is 0 Å². The van der Waals surface area contributed by atoms with Crippen molar-refractivity contribution in [1.29, 1.82) is 0 Å². The molecule has 0 aliphatic rings. The van der Waals surface area contributed by atoms with Crippen LogP contribution in [-0.2, 0) is 16.0 Å². The Hall–Kier alpha value is -1.75. The van der Waals surface area contributed by atoms with Crippen LogP contribution in [0.2, 0.25) is 5.02 Å². The molecule has 0 aliphatic carbocycles. The van der Waals surface area contributed by atoms with Crippen molar-refractivity contribution in [2.75, 3.05) is 14.2 Å². The van der Waals surface area contributed by atoms with Crippen LogP contribution >= 0.6 is 11.6 Å². The third kappa shape index (κ3) is 3.10. The van der Waals surface area contributed by atoms with E-state index in [4.69, 9.17) is 26.2 Å². The summed E-state index contributed by atoms with van der Waals surface area (Å²) in [6, 6.07) is 2.97. The summed E-state index contributed by atoms with van der Waals surface area (Å²) in [6.45, 7) is 0. The smallest absolute Gasteiger partial charge is 0.372 e. The van der Waals surface area contributed by atoms with Crippen molar-refractivity contribution in [1.82, 2.24) is 0 Å². The van der Waals surface area contributed by atoms with Crippen LogP contribution in [0.3, 0.4) is 0 Å². The fourth-order valence-electron chi connectivity index (χ4n) is 1.28. The highest BCUT2D eigenvalue weighted by atomic mass is 35.5. The largest absolute Gasteiger partial charge is 0.493 e. The molecule has 1 N–H and O–H groups in total. The van der Waals surface area contributed by atoms with Crippen molar-refractivity contribution in [2.45, 2.75) is 6.42 Å². The van der Waals surface area contributed by atoms with Gasteiger partial charge in [-0.1, -0.05) is 11.6 Å². The van der Waals surface area contributed by atoms with Crippen molar-refractivity contribution < 1.29 is 24.2 Å². The number of carboxylic acid groups (broad SMARTS) is 1. The van der Waals surface area contributed by atoms with Crippen molar-refractivity contribution in [3.8, 4) is 11.5 Å². The van der Waals surface area contributed by atoms with Gasteiger partial charge in [-0.25, -0.2) is 4.79 Å². The van der Waals surface area contributed by atoms with Gasteiger partial charge in [0, 0.05) is 17.5 Å². The minimum absolute atomic E-state index is 0.261. The van der Waals surface area contributed by atoms with Gasteiger partial charge in [0.25, 0.3) is 0 Å². The Kier molecular flexibility index (Phi) is 4.34. The second-order valence-electron chi connectivity index (χ2n) is 3.20. The lowest BCUT2D eigenvalue weighted by molar-refractivity contribution is -0.148. The van der Waals surface area contributed by atoms with Gasteiger partial charge in [-0.3, -0.25) is 4.79 Å². The zero-order valence-corrected chi connectivity index (χ0v) is 10.1. The Labute approximate surface area is 103 Å². The molecule has 0 amide bonds. The molecule has 0 bridgehead atoms. The molecule has 1 aromatic rings. The monoisotopic (exact) mass is 258 g/mol. The van der Waals surface area contributed by atoms with Gasteiger partial charge in [-0.15, -0.1) is 0 Å². The van der Waals surface area contributed by atoms with Crippen LogP contribution in [0.4, 0.5) is 0 Å². The molecule has 0 radical (unpaired) electrons. The number of carboxylic acids is 1. The molecular weight excluding hydrogens is 248 g/mol. The van der Waals surface area contributed by atoms with Crippen molar-refractivity contribution in [2.24, 2.45) is 0 Å². The Morgan fingerprint density at radius 3 is 2.24 bits per heavy atom. The van der Waals surface area contributed by atoms with Gasteiger partial charge in [0.05, 0.1) is 14.2 Å². The maximum atomic E-state index is 11.1. The predicted octanol–water partition coefficient (Wildman–Crippen LogP) is 1.55. The Balaban J connectivity index is 3.08. The minimum atomic E-state index is -1.49. The molecule has 1 rings (SSSR count). The second kappa shape index (κ2) is 5.54. The Morgan fingerprint density at radius 1 is 1.24 bits per heavy atom. The van der Waals surface area contributed by atoms with Gasteiger partial charge in [-0.05, 0) is 11.6 Å². The number of methoxy groups -OCH3 is 2. The zero-order chi connectivity index (χ0) is 13.0. The van der Waals surface area contributed by atoms with E-state index in [9.17, 15) is 9.59 Å². The number of hydrogen-bond acceptors (Lipinski definition) is 4. The normalized spacial score (nSPS) is 9.82. The highest BCUT2D eigenvalue weighted by Gasteiger charge is 2.17. The van der Waals surface area contributed by atoms with Crippen molar-refractivity contribution in [3.05, 3.63) is 22.7 Å². The molecule has 0 unspecified atom stereocenters. The minimum Gasteiger partial charge on any atom is -0.493 e. The molecule has 17 heavy (non-hydrogen) atoms. The van der Waals surface area contributed by atoms with E-state index >= 15 is 0 Å². The summed E-state index contributed by atoms with van der Waals surface area (Å²) in [5, 5.41) is 8.77. The SMILES string of the molecule is COc1cc(Cl)c(CC(=O)C(=O)O)cc1OC. The Morgan fingerprint density at radius 2 is 1.76 bits per heavy atom. The van der Waals surface area contributed by atoms with Gasteiger partial charge in [0.2, 0.25) is 5.78 Å². The van der Waals surface area contributed by atoms with Gasteiger partial charge < -0.3 is 14.6 Å². The van der Waals surface area contributed by atoms with E-state index < -0.39 is 11.8 Å². The molecular formula is C11H11ClO5. The van der Waals surface area contributed by atoms with Crippen LogP contribution in [0.1, 0.15) is 5.56 Å². The molecule has 0 aromatic heterocycles. The number of aliphatic carboxylic acids is 1. The van der Waals surface area contributed by atoms with E-state index in [0.717, 1.165) is 0 Å². The van der Waals surface area contributed by atoms with Gasteiger partial charge in [-0.2, -0.15) is 0 Å². The number of rotatable bonds is 5. The van der Waals surface area contributed by atoms with Crippen LogP contribution < -0.4 is 9.47 Å². The van der Waals surface area contributed by atoms with Crippen molar-refractivity contribution in [3.63, 3.8) is 0 Å². The number of benzene rings is 1. The third-order valence-corrected chi connectivity index (χ3v) is 2.49. The molecule has 0 saturated carbocycles. The Bertz CT molecular complexity index is 455. The fourth-order valence-corrected chi connectivity index (χ4v) is 1.50. The van der Waals surface area contributed by atoms with E-state index in [1.165, 1.54) is 26.4 Å². The number of halogens is 1. The molecule has 0 saturated heterocycles. The first-order valence-corrected chi connectivity index (χ1v) is 5.04. The molecule has 0 spiro atoms. The maximum absolute atomic E-state index is 11.1. The first kappa shape index (κ1) is 13.3. The average molecular weight is 259 g/mol. The molecule has 0 heterocycles. The van der Waals surface area contributed by atoms with Gasteiger partial charge in [0.1, 0.15) is 0 Å². The van der Waals surface area contributed by atoms with Crippen LogP contribution in [0.25, 0.3) is 0 Å². The lowest BCUT2D eigenvalue weighted by Gasteiger charge is -2.10. The number of carbonyl (C=O) groups is 2. The standard InChI is InChI=1S/C11H11ClO5/c1-16-9-4-6(3-8(13)11(14)15)7(12)5-10(9)17-2/h4-5H,3H2,1-2H3,(H,14,15). The van der Waals surface area contributed by atoms with Crippen LogP contribution in [0.5, 0.6) is 11.5 Å². The molecule has 0 aliphatic heterocycles. The highest BCUT2D eigenvalue weighted by Crippen LogP contribution is 2.33. The summed E-state index contributed by atoms with van der Waals surface area (Å²) < 4.78 is 10.0. The first-order valence-electron chi connectivity index (χ1n) is 4.66. The van der Waals surface area contributed by atoms with Crippen LogP contribution in [0, 0.1) is 0 Å². The molecule has 0 fully saturated rings. The summed E-state index contributed by atoms with van der Waals surface area (Å²) in [5.74, 6) is -1.61. The number of Topliss-reactive ketones (excluding diaryl/α,β-unsaturated/α-hetero) is 1. The molecule has 0 atom stereocenters. The van der Waals surface area contributed by atoms with E-state index in [1.807, 2.05) is 0 Å². The zero-order valence-electron chi connectivity index (χ0n) is 9.32. The number of carbonyl (C=O) groups excluding carboxylic acids is 1. The number of ether oxygens (including phenoxy) is 2. The first-order chi connectivity index (χ1) is 7.99. The fraction of sp³-hybridized carbons (Fsp3) is 0.273.